The van der Waals surface area contributed by atoms with Crippen molar-refractivity contribution in [3.05, 3.63) is 53.7 Å². The topological polar surface area (TPSA) is 73.1 Å². The fourth-order valence-electron chi connectivity index (χ4n) is 1.48. The normalized spacial score (nSPS) is 9.88. The molecule has 2 aromatic rings. The second-order valence-corrected chi connectivity index (χ2v) is 3.53. The second-order valence-electron chi connectivity index (χ2n) is 3.53. The molecule has 1 aromatic heterocycles. The molecule has 0 spiro atoms. The summed E-state index contributed by atoms with van der Waals surface area (Å²) in [6, 6.07) is 10.1. The van der Waals surface area contributed by atoms with E-state index in [4.69, 9.17) is 5.73 Å². The summed E-state index contributed by atoms with van der Waals surface area (Å²) in [5, 5.41) is 0. The molecule has 0 aliphatic heterocycles. The van der Waals surface area contributed by atoms with E-state index in [1.807, 2.05) is 0 Å². The van der Waals surface area contributed by atoms with E-state index in [9.17, 15) is 9.59 Å². The minimum absolute atomic E-state index is 0.445. The number of carbonyl (C=O) groups is 2. The van der Waals surface area contributed by atoms with E-state index in [1.54, 1.807) is 42.6 Å². The summed E-state index contributed by atoms with van der Waals surface area (Å²) in [4.78, 5) is 25.7. The van der Waals surface area contributed by atoms with Crippen molar-refractivity contribution in [2.24, 2.45) is 5.73 Å². The molecule has 84 valence electrons. The van der Waals surface area contributed by atoms with Crippen molar-refractivity contribution in [2.45, 2.75) is 0 Å². The number of nitrogens with two attached hydrogens (primary N) is 1. The van der Waals surface area contributed by atoms with Gasteiger partial charge in [-0.1, -0.05) is 12.1 Å². The lowest BCUT2D eigenvalue weighted by molar-refractivity contribution is 0.1000. The van der Waals surface area contributed by atoms with Gasteiger partial charge in [0.15, 0.2) is 0 Å². The van der Waals surface area contributed by atoms with Crippen molar-refractivity contribution in [1.29, 1.82) is 0 Å². The molecule has 1 amide bonds. The quantitative estimate of drug-likeness (QED) is 0.809. The largest absolute Gasteiger partial charge is 0.366 e. The molecule has 1 aromatic carbocycles. The Morgan fingerprint density at radius 1 is 1.18 bits per heavy atom. The Bertz CT molecular complexity index is 562. The predicted octanol–water partition coefficient (Wildman–Crippen LogP) is 1.66. The summed E-state index contributed by atoms with van der Waals surface area (Å²) in [6.45, 7) is 0. The van der Waals surface area contributed by atoms with Crippen LogP contribution in [-0.2, 0) is 0 Å². The molecule has 0 saturated heterocycles. The van der Waals surface area contributed by atoms with Crippen LogP contribution in [0.5, 0.6) is 0 Å². The molecule has 0 radical (unpaired) electrons. The van der Waals surface area contributed by atoms with Crippen molar-refractivity contribution in [1.82, 2.24) is 4.98 Å². The number of carbonyl (C=O) groups excluding carboxylic acids is 2. The predicted molar refractivity (Wildman–Crippen MR) is 63.6 cm³/mol. The molecule has 1 heterocycles. The van der Waals surface area contributed by atoms with Crippen LogP contribution in [0.3, 0.4) is 0 Å². The first-order chi connectivity index (χ1) is 8.20. The molecule has 0 saturated carbocycles. The van der Waals surface area contributed by atoms with Crippen LogP contribution < -0.4 is 5.73 Å². The molecule has 0 bridgehead atoms. The van der Waals surface area contributed by atoms with Crippen LogP contribution in [0, 0.1) is 0 Å². The molecule has 4 heteroatoms. The maximum atomic E-state index is 10.9. The number of nitrogens with zero attached hydrogens (tertiary/aromatic N) is 1. The summed E-state index contributed by atoms with van der Waals surface area (Å²) < 4.78 is 0. The number of aldehydes is 1. The number of aromatic nitrogens is 1. The number of rotatable bonds is 3. The van der Waals surface area contributed by atoms with Crippen molar-refractivity contribution in [2.75, 3.05) is 0 Å². The van der Waals surface area contributed by atoms with E-state index in [2.05, 4.69) is 4.98 Å². The van der Waals surface area contributed by atoms with Crippen LogP contribution in [0.4, 0.5) is 0 Å². The van der Waals surface area contributed by atoms with Gasteiger partial charge in [-0.2, -0.15) is 0 Å². The van der Waals surface area contributed by atoms with Crippen molar-refractivity contribution in [3.8, 4) is 11.3 Å². The minimum atomic E-state index is -0.467. The van der Waals surface area contributed by atoms with Gasteiger partial charge in [-0.3, -0.25) is 14.6 Å². The van der Waals surface area contributed by atoms with E-state index >= 15 is 0 Å². The summed E-state index contributed by atoms with van der Waals surface area (Å²) >= 11 is 0. The maximum absolute atomic E-state index is 10.9. The van der Waals surface area contributed by atoms with Gasteiger partial charge in [-0.15, -0.1) is 0 Å². The van der Waals surface area contributed by atoms with Crippen molar-refractivity contribution >= 4 is 12.2 Å². The molecule has 0 aliphatic rings. The van der Waals surface area contributed by atoms with Gasteiger partial charge in [0.1, 0.15) is 6.29 Å². The molecule has 2 rings (SSSR count). The third-order valence-corrected chi connectivity index (χ3v) is 2.39. The van der Waals surface area contributed by atoms with Gasteiger partial charge in [0.05, 0.1) is 5.69 Å². The Hall–Kier alpha value is -2.49. The first kappa shape index (κ1) is 11.0. The van der Waals surface area contributed by atoms with Crippen LogP contribution in [0.25, 0.3) is 11.3 Å². The second kappa shape index (κ2) is 4.57. The van der Waals surface area contributed by atoms with Gasteiger partial charge in [0.25, 0.3) is 0 Å². The lowest BCUT2D eigenvalue weighted by atomic mass is 10.1. The number of primary amides is 1. The monoisotopic (exact) mass is 226 g/mol. The lowest BCUT2D eigenvalue weighted by Gasteiger charge is -2.02. The first-order valence-electron chi connectivity index (χ1n) is 5.02. The first-order valence-corrected chi connectivity index (χ1v) is 5.02. The average Bonchev–Trinajstić information content (AvgIpc) is 2.39. The highest BCUT2D eigenvalue weighted by Gasteiger charge is 2.03. The number of hydrogen-bond donors (Lipinski definition) is 1. The Balaban J connectivity index is 2.39. The number of hydrogen-bond acceptors (Lipinski definition) is 3. The number of pyridine rings is 1. The van der Waals surface area contributed by atoms with Gasteiger partial charge in [-0.25, -0.2) is 0 Å². The van der Waals surface area contributed by atoms with Crippen LogP contribution in [0.2, 0.25) is 0 Å². The molecular weight excluding hydrogens is 216 g/mol. The molecule has 0 atom stereocenters. The van der Waals surface area contributed by atoms with Gasteiger partial charge in [-0.05, 0) is 24.3 Å². The van der Waals surface area contributed by atoms with E-state index in [0.717, 1.165) is 11.8 Å². The zero-order chi connectivity index (χ0) is 12.3. The molecule has 0 unspecified atom stereocenters. The Morgan fingerprint density at radius 2 is 1.88 bits per heavy atom. The fourth-order valence-corrected chi connectivity index (χ4v) is 1.48. The highest BCUT2D eigenvalue weighted by molar-refractivity contribution is 5.93. The average molecular weight is 226 g/mol. The number of amides is 1. The molecular formula is C13H10N2O2. The standard InChI is InChI=1S/C13H10N2O2/c14-13(17)11-3-1-10(2-4-11)12-7-9(8-16)5-6-15-12/h1-8H,(H2,14,17). The number of benzene rings is 1. The fraction of sp³-hybridized carbons (Fsp3) is 0. The summed E-state index contributed by atoms with van der Waals surface area (Å²) in [7, 11) is 0. The zero-order valence-corrected chi connectivity index (χ0v) is 8.96. The summed E-state index contributed by atoms with van der Waals surface area (Å²) in [5.41, 5.74) is 7.67. The lowest BCUT2D eigenvalue weighted by Crippen LogP contribution is -2.10. The third kappa shape index (κ3) is 2.36. The zero-order valence-electron chi connectivity index (χ0n) is 8.96. The minimum Gasteiger partial charge on any atom is -0.366 e. The molecule has 0 aliphatic carbocycles. The Labute approximate surface area is 98.1 Å². The highest BCUT2D eigenvalue weighted by Crippen LogP contribution is 2.17. The molecule has 2 N–H and O–H groups in total. The highest BCUT2D eigenvalue weighted by atomic mass is 16.1. The van der Waals surface area contributed by atoms with Gasteiger partial charge < -0.3 is 5.73 Å². The molecule has 17 heavy (non-hydrogen) atoms. The van der Waals surface area contributed by atoms with Gasteiger partial charge >= 0.3 is 0 Å². The molecule has 4 nitrogen and oxygen atoms in total. The van der Waals surface area contributed by atoms with Crippen molar-refractivity contribution in [3.63, 3.8) is 0 Å². The van der Waals surface area contributed by atoms with Crippen molar-refractivity contribution < 1.29 is 9.59 Å². The third-order valence-electron chi connectivity index (χ3n) is 2.39. The van der Waals surface area contributed by atoms with Crippen LogP contribution in [-0.4, -0.2) is 17.2 Å². The van der Waals surface area contributed by atoms with Crippen LogP contribution >= 0.6 is 0 Å². The van der Waals surface area contributed by atoms with E-state index in [0.29, 0.717) is 16.8 Å². The van der Waals surface area contributed by atoms with Crippen LogP contribution in [0.15, 0.2) is 42.6 Å². The van der Waals surface area contributed by atoms with E-state index in [-0.39, 0.29) is 0 Å². The maximum Gasteiger partial charge on any atom is 0.248 e. The Kier molecular flexibility index (Phi) is 2.96. The van der Waals surface area contributed by atoms with E-state index in [1.165, 1.54) is 0 Å². The van der Waals surface area contributed by atoms with E-state index < -0.39 is 5.91 Å². The Morgan fingerprint density at radius 3 is 2.47 bits per heavy atom. The summed E-state index contributed by atoms with van der Waals surface area (Å²) in [5.74, 6) is -0.467. The summed E-state index contributed by atoms with van der Waals surface area (Å²) in [6.07, 6.45) is 2.34. The SMILES string of the molecule is NC(=O)c1ccc(-c2cc(C=O)ccn2)cc1. The molecule has 0 fully saturated rings. The smallest absolute Gasteiger partial charge is 0.248 e. The van der Waals surface area contributed by atoms with Crippen LogP contribution in [0.1, 0.15) is 20.7 Å². The van der Waals surface area contributed by atoms with Gasteiger partial charge in [0.2, 0.25) is 5.91 Å². The van der Waals surface area contributed by atoms with Gasteiger partial charge in [0, 0.05) is 22.9 Å².